The maximum atomic E-state index is 12.0. The Balaban J connectivity index is 3.04. The van der Waals surface area contributed by atoms with Crippen LogP contribution in [-0.4, -0.2) is 37.8 Å². The third kappa shape index (κ3) is 4.33. The van der Waals surface area contributed by atoms with E-state index >= 15 is 0 Å². The van der Waals surface area contributed by atoms with Crippen molar-refractivity contribution in [2.75, 3.05) is 6.61 Å². The van der Waals surface area contributed by atoms with E-state index in [1.165, 1.54) is 6.92 Å². The first-order valence-corrected chi connectivity index (χ1v) is 7.44. The summed E-state index contributed by atoms with van der Waals surface area (Å²) in [5.74, 6) is -1.97. The van der Waals surface area contributed by atoms with E-state index in [-0.39, 0.29) is 12.3 Å². The Bertz CT molecular complexity index is 680. The maximum absolute atomic E-state index is 12.0. The van der Waals surface area contributed by atoms with Gasteiger partial charge in [0, 0.05) is 12.1 Å². The van der Waals surface area contributed by atoms with Crippen molar-refractivity contribution < 1.29 is 31.9 Å². The maximum Gasteiger partial charge on any atom is 0.344 e. The van der Waals surface area contributed by atoms with Gasteiger partial charge in [0.15, 0.2) is 5.78 Å². The Hall–Kier alpha value is -2.33. The van der Waals surface area contributed by atoms with Gasteiger partial charge in [-0.15, -0.1) is 0 Å². The first-order valence-electron chi connectivity index (χ1n) is 6.04. The molecule has 1 atom stereocenters. The monoisotopic (exact) mass is 331 g/mol. The van der Waals surface area contributed by atoms with Crippen LogP contribution in [0.4, 0.5) is 5.69 Å². The van der Waals surface area contributed by atoms with Gasteiger partial charge >= 0.3 is 5.97 Å². The van der Waals surface area contributed by atoms with Crippen LogP contribution in [0.15, 0.2) is 29.2 Å². The Kier molecular flexibility index (Phi) is 5.71. The molecule has 0 bridgehead atoms. The Morgan fingerprint density at radius 1 is 1.27 bits per heavy atom. The standard InChI is InChI=1S/C12H13NO8S/c1-3-20-12(15)11(8(2)14)21-22(18,19)10-6-4-9(5-7-10)13(16)17/h4-7,11H,3H2,1-2H3. The molecular formula is C12H13NO8S. The molecule has 0 aromatic heterocycles. The van der Waals surface area contributed by atoms with E-state index in [0.29, 0.717) is 0 Å². The fourth-order valence-electron chi connectivity index (χ4n) is 1.41. The molecule has 0 aliphatic heterocycles. The summed E-state index contributed by atoms with van der Waals surface area (Å²) < 4.78 is 33.1. The van der Waals surface area contributed by atoms with Crippen molar-refractivity contribution in [3.8, 4) is 0 Å². The number of hydrogen-bond acceptors (Lipinski definition) is 8. The van der Waals surface area contributed by atoms with Crippen molar-refractivity contribution in [3.63, 3.8) is 0 Å². The zero-order chi connectivity index (χ0) is 16.9. The van der Waals surface area contributed by atoms with Gasteiger partial charge in [0.05, 0.1) is 16.4 Å². The molecule has 0 saturated heterocycles. The zero-order valence-corrected chi connectivity index (χ0v) is 12.5. The van der Waals surface area contributed by atoms with Gasteiger partial charge in [-0.2, -0.15) is 8.42 Å². The molecular weight excluding hydrogens is 318 g/mol. The molecule has 0 amide bonds. The number of non-ortho nitro benzene ring substituents is 1. The van der Waals surface area contributed by atoms with Gasteiger partial charge in [0.1, 0.15) is 0 Å². The summed E-state index contributed by atoms with van der Waals surface area (Å²) in [5.41, 5.74) is -0.313. The fraction of sp³-hybridized carbons (Fsp3) is 0.333. The number of ether oxygens (including phenoxy) is 1. The van der Waals surface area contributed by atoms with E-state index in [4.69, 9.17) is 0 Å². The predicted molar refractivity (Wildman–Crippen MR) is 72.5 cm³/mol. The van der Waals surface area contributed by atoms with Crippen LogP contribution in [0.5, 0.6) is 0 Å². The number of nitro groups is 1. The summed E-state index contributed by atoms with van der Waals surface area (Å²) in [6, 6.07) is 3.80. The lowest BCUT2D eigenvalue weighted by molar-refractivity contribution is -0.384. The quantitative estimate of drug-likeness (QED) is 0.236. The van der Waals surface area contributed by atoms with Crippen LogP contribution in [0.3, 0.4) is 0 Å². The van der Waals surface area contributed by atoms with E-state index in [1.807, 2.05) is 0 Å². The van der Waals surface area contributed by atoms with Crippen LogP contribution in [0.1, 0.15) is 13.8 Å². The lowest BCUT2D eigenvalue weighted by Gasteiger charge is -2.13. The van der Waals surface area contributed by atoms with Crippen molar-refractivity contribution in [1.82, 2.24) is 0 Å². The molecule has 120 valence electrons. The van der Waals surface area contributed by atoms with Gasteiger partial charge in [0.25, 0.3) is 15.8 Å². The highest BCUT2D eigenvalue weighted by Gasteiger charge is 2.32. The fourth-order valence-corrected chi connectivity index (χ4v) is 2.46. The van der Waals surface area contributed by atoms with Gasteiger partial charge in [-0.05, 0) is 26.0 Å². The number of Topliss-reactive ketones (excluding diaryl/α,β-unsaturated/α-hetero) is 1. The third-order valence-corrected chi connectivity index (χ3v) is 3.72. The SMILES string of the molecule is CCOC(=O)C(OS(=O)(=O)c1ccc([N+](=O)[O-])cc1)C(C)=O. The number of nitro benzene ring substituents is 1. The second kappa shape index (κ2) is 7.09. The Labute approximate surface area is 126 Å². The molecule has 1 unspecified atom stereocenters. The van der Waals surface area contributed by atoms with Gasteiger partial charge < -0.3 is 4.74 Å². The number of carbonyl (C=O) groups excluding carboxylic acids is 2. The van der Waals surface area contributed by atoms with Crippen LogP contribution in [0, 0.1) is 10.1 Å². The first-order chi connectivity index (χ1) is 10.2. The normalized spacial score (nSPS) is 12.5. The minimum Gasteiger partial charge on any atom is -0.464 e. The van der Waals surface area contributed by atoms with Crippen molar-refractivity contribution in [3.05, 3.63) is 34.4 Å². The minimum absolute atomic E-state index is 0.0520. The number of benzene rings is 1. The highest BCUT2D eigenvalue weighted by atomic mass is 32.2. The second-order valence-corrected chi connectivity index (χ2v) is 5.62. The summed E-state index contributed by atoms with van der Waals surface area (Å²) in [6.07, 6.45) is -1.92. The topological polar surface area (TPSA) is 130 Å². The van der Waals surface area contributed by atoms with Crippen LogP contribution in [-0.2, 0) is 28.6 Å². The van der Waals surface area contributed by atoms with E-state index in [0.717, 1.165) is 31.2 Å². The van der Waals surface area contributed by atoms with Crippen molar-refractivity contribution in [2.45, 2.75) is 24.8 Å². The molecule has 0 N–H and O–H groups in total. The Morgan fingerprint density at radius 3 is 2.23 bits per heavy atom. The van der Waals surface area contributed by atoms with E-state index in [2.05, 4.69) is 8.92 Å². The molecule has 0 radical (unpaired) electrons. The Morgan fingerprint density at radius 2 is 1.82 bits per heavy atom. The van der Waals surface area contributed by atoms with Crippen molar-refractivity contribution in [2.24, 2.45) is 0 Å². The van der Waals surface area contributed by atoms with Crippen molar-refractivity contribution >= 4 is 27.6 Å². The van der Waals surface area contributed by atoms with Gasteiger partial charge in [-0.1, -0.05) is 0 Å². The highest BCUT2D eigenvalue weighted by Crippen LogP contribution is 2.19. The number of hydrogen-bond donors (Lipinski definition) is 0. The lowest BCUT2D eigenvalue weighted by Crippen LogP contribution is -2.35. The van der Waals surface area contributed by atoms with Gasteiger partial charge in [-0.25, -0.2) is 8.98 Å². The summed E-state index contributed by atoms with van der Waals surface area (Å²) in [5, 5.41) is 10.5. The first kappa shape index (κ1) is 17.7. The lowest BCUT2D eigenvalue weighted by atomic mass is 10.3. The molecule has 1 rings (SSSR count). The number of ketones is 1. The summed E-state index contributed by atoms with van der Waals surface area (Å²) in [4.78, 5) is 32.2. The summed E-state index contributed by atoms with van der Waals surface area (Å²) in [6.45, 7) is 2.41. The molecule has 0 fully saturated rings. The third-order valence-electron chi connectivity index (χ3n) is 2.43. The predicted octanol–water partition coefficient (Wildman–Crippen LogP) is 0.821. The second-order valence-electron chi connectivity index (χ2n) is 4.04. The zero-order valence-electron chi connectivity index (χ0n) is 11.7. The summed E-state index contributed by atoms with van der Waals surface area (Å²) >= 11 is 0. The van der Waals surface area contributed by atoms with Crippen LogP contribution in [0.25, 0.3) is 0 Å². The van der Waals surface area contributed by atoms with E-state index < -0.39 is 37.8 Å². The average molecular weight is 331 g/mol. The molecule has 0 saturated carbocycles. The average Bonchev–Trinajstić information content (AvgIpc) is 2.44. The molecule has 0 aliphatic carbocycles. The number of rotatable bonds is 7. The molecule has 1 aromatic carbocycles. The number of carbonyl (C=O) groups is 2. The largest absolute Gasteiger partial charge is 0.464 e. The molecule has 0 aliphatic rings. The highest BCUT2D eigenvalue weighted by molar-refractivity contribution is 7.86. The molecule has 9 nitrogen and oxygen atoms in total. The molecule has 0 spiro atoms. The van der Waals surface area contributed by atoms with Crippen LogP contribution in [0.2, 0.25) is 0 Å². The van der Waals surface area contributed by atoms with Gasteiger partial charge in [0.2, 0.25) is 6.10 Å². The van der Waals surface area contributed by atoms with Gasteiger partial charge in [-0.3, -0.25) is 14.9 Å². The smallest absolute Gasteiger partial charge is 0.344 e. The van der Waals surface area contributed by atoms with E-state index in [1.54, 1.807) is 0 Å². The molecule has 0 heterocycles. The number of esters is 1. The summed E-state index contributed by atoms with van der Waals surface area (Å²) in [7, 11) is -4.45. The van der Waals surface area contributed by atoms with Crippen molar-refractivity contribution in [1.29, 1.82) is 0 Å². The van der Waals surface area contributed by atoms with Crippen LogP contribution < -0.4 is 0 Å². The molecule has 1 aromatic rings. The van der Waals surface area contributed by atoms with Crippen LogP contribution >= 0.6 is 0 Å². The molecule has 10 heteroatoms. The number of nitrogens with zero attached hydrogens (tertiary/aromatic N) is 1. The molecule has 22 heavy (non-hydrogen) atoms. The minimum atomic E-state index is -4.45. The van der Waals surface area contributed by atoms with E-state index in [9.17, 15) is 28.1 Å².